The van der Waals surface area contributed by atoms with Crippen LogP contribution in [0.1, 0.15) is 36.8 Å². The highest BCUT2D eigenvalue weighted by atomic mass is 16.3. The molecule has 0 bridgehead atoms. The Balaban J connectivity index is 2.28. The summed E-state index contributed by atoms with van der Waals surface area (Å²) in [5.74, 6) is 0.303. The first-order chi connectivity index (χ1) is 7.74. The molecule has 1 atom stereocenters. The van der Waals surface area contributed by atoms with Crippen LogP contribution in [0.4, 0.5) is 5.69 Å². The summed E-state index contributed by atoms with van der Waals surface area (Å²) in [6.45, 7) is 2.25. The van der Waals surface area contributed by atoms with Gasteiger partial charge in [-0.3, -0.25) is 4.79 Å². The lowest BCUT2D eigenvalue weighted by molar-refractivity contribution is -0.116. The van der Waals surface area contributed by atoms with E-state index in [1.54, 1.807) is 0 Å². The molecule has 1 aliphatic heterocycles. The van der Waals surface area contributed by atoms with Crippen molar-refractivity contribution in [1.82, 2.24) is 0 Å². The summed E-state index contributed by atoms with van der Waals surface area (Å²) in [4.78, 5) is 11.2. The number of fused-ring (bicyclic) bond motifs is 1. The van der Waals surface area contributed by atoms with Crippen molar-refractivity contribution in [3.8, 4) is 0 Å². The minimum Gasteiger partial charge on any atom is -0.396 e. The summed E-state index contributed by atoms with van der Waals surface area (Å²) in [5, 5.41) is 12.1. The number of amides is 1. The van der Waals surface area contributed by atoms with Gasteiger partial charge in [0, 0.05) is 24.6 Å². The van der Waals surface area contributed by atoms with Gasteiger partial charge in [-0.2, -0.15) is 0 Å². The predicted molar refractivity (Wildman–Crippen MR) is 63.5 cm³/mol. The quantitative estimate of drug-likeness (QED) is 0.817. The SMILES string of the molecule is CCC(CO)c1ccc2c(c1)CCC(=O)N2. The number of aliphatic hydroxyl groups excluding tert-OH is 1. The molecule has 16 heavy (non-hydrogen) atoms. The second-order valence-corrected chi connectivity index (χ2v) is 4.25. The Bertz CT molecular complexity index is 397. The van der Waals surface area contributed by atoms with Gasteiger partial charge in [0.2, 0.25) is 5.91 Å². The van der Waals surface area contributed by atoms with E-state index in [0.29, 0.717) is 6.42 Å². The molecular weight excluding hydrogens is 202 g/mol. The van der Waals surface area contributed by atoms with Gasteiger partial charge < -0.3 is 10.4 Å². The van der Waals surface area contributed by atoms with E-state index < -0.39 is 0 Å². The van der Waals surface area contributed by atoms with Crippen LogP contribution in [0.5, 0.6) is 0 Å². The predicted octanol–water partition coefficient (Wildman–Crippen LogP) is 2.06. The molecule has 0 spiro atoms. The zero-order valence-electron chi connectivity index (χ0n) is 9.49. The molecule has 2 N–H and O–H groups in total. The summed E-state index contributed by atoms with van der Waals surface area (Å²) in [6.07, 6.45) is 2.30. The second kappa shape index (κ2) is 4.66. The van der Waals surface area contributed by atoms with E-state index >= 15 is 0 Å². The molecule has 1 aromatic carbocycles. The Labute approximate surface area is 95.5 Å². The molecule has 0 saturated carbocycles. The van der Waals surface area contributed by atoms with Crippen LogP contribution >= 0.6 is 0 Å². The molecule has 1 unspecified atom stereocenters. The van der Waals surface area contributed by atoms with Gasteiger partial charge in [-0.1, -0.05) is 19.1 Å². The Morgan fingerprint density at radius 3 is 2.94 bits per heavy atom. The van der Waals surface area contributed by atoms with Crippen LogP contribution in [-0.4, -0.2) is 17.6 Å². The third-order valence-corrected chi connectivity index (χ3v) is 3.21. The minimum atomic E-state index is 0.0921. The Kier molecular flexibility index (Phi) is 3.25. The van der Waals surface area contributed by atoms with Crippen LogP contribution in [0, 0.1) is 0 Å². The van der Waals surface area contributed by atoms with E-state index in [1.807, 2.05) is 12.1 Å². The average Bonchev–Trinajstić information content (AvgIpc) is 2.31. The van der Waals surface area contributed by atoms with Gasteiger partial charge in [-0.25, -0.2) is 0 Å². The highest BCUT2D eigenvalue weighted by molar-refractivity contribution is 5.93. The molecule has 1 amide bonds. The Morgan fingerprint density at radius 1 is 1.44 bits per heavy atom. The maximum atomic E-state index is 11.2. The molecule has 0 fully saturated rings. The van der Waals surface area contributed by atoms with Crippen molar-refractivity contribution >= 4 is 11.6 Å². The minimum absolute atomic E-state index is 0.0921. The fourth-order valence-electron chi connectivity index (χ4n) is 2.13. The molecule has 2 rings (SSSR count). The molecule has 1 aromatic rings. The molecule has 1 heterocycles. The lowest BCUT2D eigenvalue weighted by Gasteiger charge is -2.20. The molecule has 1 aliphatic rings. The molecule has 3 heteroatoms. The molecule has 0 aromatic heterocycles. The molecular formula is C13H17NO2. The summed E-state index contributed by atoms with van der Waals surface area (Å²) in [7, 11) is 0. The van der Waals surface area contributed by atoms with Crippen LogP contribution < -0.4 is 5.32 Å². The summed E-state index contributed by atoms with van der Waals surface area (Å²) < 4.78 is 0. The maximum absolute atomic E-state index is 11.2. The van der Waals surface area contributed by atoms with E-state index in [2.05, 4.69) is 18.3 Å². The third kappa shape index (κ3) is 2.09. The lowest BCUT2D eigenvalue weighted by atomic mass is 9.92. The van der Waals surface area contributed by atoms with Crippen molar-refractivity contribution in [2.45, 2.75) is 32.1 Å². The van der Waals surface area contributed by atoms with Gasteiger partial charge in [0.1, 0.15) is 0 Å². The maximum Gasteiger partial charge on any atom is 0.224 e. The van der Waals surface area contributed by atoms with Crippen molar-refractivity contribution in [1.29, 1.82) is 0 Å². The van der Waals surface area contributed by atoms with Crippen molar-refractivity contribution in [3.63, 3.8) is 0 Å². The highest BCUT2D eigenvalue weighted by Crippen LogP contribution is 2.27. The number of carbonyl (C=O) groups is 1. The highest BCUT2D eigenvalue weighted by Gasteiger charge is 2.16. The van der Waals surface area contributed by atoms with Gasteiger partial charge in [-0.05, 0) is 30.0 Å². The van der Waals surface area contributed by atoms with Crippen molar-refractivity contribution in [2.75, 3.05) is 11.9 Å². The zero-order chi connectivity index (χ0) is 11.5. The van der Waals surface area contributed by atoms with Crippen LogP contribution in [0.3, 0.4) is 0 Å². The van der Waals surface area contributed by atoms with Gasteiger partial charge in [0.25, 0.3) is 0 Å². The van der Waals surface area contributed by atoms with Crippen molar-refractivity contribution < 1.29 is 9.90 Å². The largest absolute Gasteiger partial charge is 0.396 e. The summed E-state index contributed by atoms with van der Waals surface area (Å²) >= 11 is 0. The zero-order valence-corrected chi connectivity index (χ0v) is 9.49. The molecule has 3 nitrogen and oxygen atoms in total. The fourth-order valence-corrected chi connectivity index (χ4v) is 2.13. The van der Waals surface area contributed by atoms with Crippen LogP contribution in [0.25, 0.3) is 0 Å². The third-order valence-electron chi connectivity index (χ3n) is 3.21. The number of anilines is 1. The van der Waals surface area contributed by atoms with E-state index in [0.717, 1.165) is 18.5 Å². The standard InChI is InChI=1S/C13H17NO2/c1-2-9(8-15)10-3-5-12-11(7-10)4-6-13(16)14-12/h3,5,7,9,15H,2,4,6,8H2,1H3,(H,14,16). The first kappa shape index (κ1) is 11.1. The summed E-state index contributed by atoms with van der Waals surface area (Å²) in [5.41, 5.74) is 3.27. The first-order valence-corrected chi connectivity index (χ1v) is 5.78. The monoisotopic (exact) mass is 219 g/mol. The fraction of sp³-hybridized carbons (Fsp3) is 0.462. The van der Waals surface area contributed by atoms with Crippen LogP contribution in [0.15, 0.2) is 18.2 Å². The van der Waals surface area contributed by atoms with E-state index in [1.165, 1.54) is 11.1 Å². The van der Waals surface area contributed by atoms with Crippen LogP contribution in [-0.2, 0) is 11.2 Å². The van der Waals surface area contributed by atoms with E-state index in [-0.39, 0.29) is 18.4 Å². The number of benzene rings is 1. The lowest BCUT2D eigenvalue weighted by Crippen LogP contribution is -2.19. The topological polar surface area (TPSA) is 49.3 Å². The molecule has 0 aliphatic carbocycles. The average molecular weight is 219 g/mol. The Hall–Kier alpha value is -1.35. The normalized spacial score (nSPS) is 16.5. The first-order valence-electron chi connectivity index (χ1n) is 5.78. The molecule has 0 saturated heterocycles. The number of rotatable bonds is 3. The number of hydrogen-bond donors (Lipinski definition) is 2. The van der Waals surface area contributed by atoms with Gasteiger partial charge in [0.05, 0.1) is 0 Å². The van der Waals surface area contributed by atoms with Gasteiger partial charge in [0.15, 0.2) is 0 Å². The van der Waals surface area contributed by atoms with Crippen molar-refractivity contribution in [3.05, 3.63) is 29.3 Å². The number of aliphatic hydroxyl groups is 1. The second-order valence-electron chi connectivity index (χ2n) is 4.25. The molecule has 0 radical (unpaired) electrons. The summed E-state index contributed by atoms with van der Waals surface area (Å²) in [6, 6.07) is 6.05. The Morgan fingerprint density at radius 2 is 2.25 bits per heavy atom. The van der Waals surface area contributed by atoms with Gasteiger partial charge in [-0.15, -0.1) is 0 Å². The number of nitrogens with one attached hydrogen (secondary N) is 1. The van der Waals surface area contributed by atoms with E-state index in [4.69, 9.17) is 0 Å². The number of carbonyl (C=O) groups excluding carboxylic acids is 1. The van der Waals surface area contributed by atoms with Crippen LogP contribution in [0.2, 0.25) is 0 Å². The molecule has 86 valence electrons. The van der Waals surface area contributed by atoms with E-state index in [9.17, 15) is 9.90 Å². The van der Waals surface area contributed by atoms with Gasteiger partial charge >= 0.3 is 0 Å². The number of aryl methyl sites for hydroxylation is 1. The van der Waals surface area contributed by atoms with Crippen molar-refractivity contribution in [2.24, 2.45) is 0 Å². The smallest absolute Gasteiger partial charge is 0.224 e. The number of hydrogen-bond acceptors (Lipinski definition) is 2.